The SMILES string of the molecule is COc1ccc(NC(=O)c2c(C)ncnc2C)cc1. The molecule has 2 rings (SSSR count). The van der Waals surface area contributed by atoms with Crippen LogP contribution in [0.5, 0.6) is 5.75 Å². The molecular weight excluding hydrogens is 242 g/mol. The highest BCUT2D eigenvalue weighted by Gasteiger charge is 2.14. The molecule has 0 saturated heterocycles. The molecule has 19 heavy (non-hydrogen) atoms. The van der Waals surface area contributed by atoms with Crippen LogP contribution in [0.25, 0.3) is 0 Å². The molecule has 5 nitrogen and oxygen atoms in total. The van der Waals surface area contributed by atoms with Crippen LogP contribution in [0.2, 0.25) is 0 Å². The Morgan fingerprint density at radius 3 is 2.21 bits per heavy atom. The van der Waals surface area contributed by atoms with Crippen LogP contribution in [0.1, 0.15) is 21.7 Å². The number of hydrogen-bond donors (Lipinski definition) is 1. The topological polar surface area (TPSA) is 64.1 Å². The Bertz CT molecular complexity index is 574. The van der Waals surface area contributed by atoms with Crippen LogP contribution in [-0.4, -0.2) is 23.0 Å². The third-order valence-electron chi connectivity index (χ3n) is 2.80. The monoisotopic (exact) mass is 257 g/mol. The van der Waals surface area contributed by atoms with E-state index >= 15 is 0 Å². The molecule has 1 aromatic heterocycles. The average Bonchev–Trinajstić information content (AvgIpc) is 2.39. The van der Waals surface area contributed by atoms with Crippen molar-refractivity contribution in [3.8, 4) is 5.75 Å². The van der Waals surface area contributed by atoms with Crippen LogP contribution in [0.4, 0.5) is 5.69 Å². The minimum absolute atomic E-state index is 0.208. The van der Waals surface area contributed by atoms with E-state index in [9.17, 15) is 4.79 Å². The van der Waals surface area contributed by atoms with Gasteiger partial charge in [0.1, 0.15) is 12.1 Å². The number of ether oxygens (including phenoxy) is 1. The first-order valence-corrected chi connectivity index (χ1v) is 5.85. The normalized spacial score (nSPS) is 10.1. The molecule has 1 aromatic carbocycles. The number of amides is 1. The Labute approximate surface area is 111 Å². The first kappa shape index (κ1) is 13.0. The predicted octanol–water partition coefficient (Wildman–Crippen LogP) is 2.35. The number of carbonyl (C=O) groups excluding carboxylic acids is 1. The molecule has 0 aliphatic heterocycles. The molecule has 0 aliphatic carbocycles. The smallest absolute Gasteiger partial charge is 0.259 e. The molecule has 1 amide bonds. The van der Waals surface area contributed by atoms with Crippen molar-refractivity contribution in [1.82, 2.24) is 9.97 Å². The maximum atomic E-state index is 12.2. The van der Waals surface area contributed by atoms with Crippen LogP contribution >= 0.6 is 0 Å². The van der Waals surface area contributed by atoms with Gasteiger partial charge >= 0.3 is 0 Å². The van der Waals surface area contributed by atoms with Crippen molar-refractivity contribution in [1.29, 1.82) is 0 Å². The second-order valence-corrected chi connectivity index (χ2v) is 4.10. The minimum atomic E-state index is -0.208. The first-order chi connectivity index (χ1) is 9.11. The molecule has 0 bridgehead atoms. The quantitative estimate of drug-likeness (QED) is 0.916. The standard InChI is InChI=1S/C14H15N3O2/c1-9-13(10(2)16-8-15-9)14(18)17-11-4-6-12(19-3)7-5-11/h4-8H,1-3H3,(H,17,18). The summed E-state index contributed by atoms with van der Waals surface area (Å²) in [5, 5.41) is 2.82. The van der Waals surface area contributed by atoms with Crippen molar-refractivity contribution in [2.24, 2.45) is 0 Å². The van der Waals surface area contributed by atoms with Crippen LogP contribution in [0, 0.1) is 13.8 Å². The molecule has 98 valence electrons. The molecule has 0 aliphatic rings. The molecule has 5 heteroatoms. The average molecular weight is 257 g/mol. The van der Waals surface area contributed by atoms with Gasteiger partial charge in [-0.2, -0.15) is 0 Å². The van der Waals surface area contributed by atoms with Crippen molar-refractivity contribution in [2.75, 3.05) is 12.4 Å². The number of rotatable bonds is 3. The molecule has 0 radical (unpaired) electrons. The van der Waals surface area contributed by atoms with E-state index in [0.717, 1.165) is 5.75 Å². The molecule has 1 heterocycles. The van der Waals surface area contributed by atoms with Gasteiger partial charge in [-0.1, -0.05) is 0 Å². The number of aryl methyl sites for hydroxylation is 2. The molecule has 2 aromatic rings. The van der Waals surface area contributed by atoms with Gasteiger partial charge in [0.25, 0.3) is 5.91 Å². The van der Waals surface area contributed by atoms with E-state index in [1.807, 2.05) is 0 Å². The van der Waals surface area contributed by atoms with Crippen molar-refractivity contribution >= 4 is 11.6 Å². The van der Waals surface area contributed by atoms with E-state index in [1.165, 1.54) is 6.33 Å². The number of carbonyl (C=O) groups is 1. The van der Waals surface area contributed by atoms with Gasteiger partial charge in [-0.05, 0) is 38.1 Å². The van der Waals surface area contributed by atoms with Gasteiger partial charge in [0.05, 0.1) is 24.1 Å². The fourth-order valence-electron chi connectivity index (χ4n) is 1.79. The number of benzene rings is 1. The van der Waals surface area contributed by atoms with Crippen LogP contribution < -0.4 is 10.1 Å². The molecule has 1 N–H and O–H groups in total. The number of nitrogens with one attached hydrogen (secondary N) is 1. The Balaban J connectivity index is 2.21. The van der Waals surface area contributed by atoms with E-state index < -0.39 is 0 Å². The number of nitrogens with zero attached hydrogens (tertiary/aromatic N) is 2. The minimum Gasteiger partial charge on any atom is -0.497 e. The zero-order valence-corrected chi connectivity index (χ0v) is 11.1. The van der Waals surface area contributed by atoms with Gasteiger partial charge in [0.2, 0.25) is 0 Å². The summed E-state index contributed by atoms with van der Waals surface area (Å²) in [6.07, 6.45) is 1.45. The largest absolute Gasteiger partial charge is 0.497 e. The molecule has 0 fully saturated rings. The van der Waals surface area contributed by atoms with E-state index in [-0.39, 0.29) is 5.91 Å². The maximum Gasteiger partial charge on any atom is 0.259 e. The Morgan fingerprint density at radius 2 is 1.68 bits per heavy atom. The zero-order valence-electron chi connectivity index (χ0n) is 11.1. The molecular formula is C14H15N3O2. The van der Waals surface area contributed by atoms with E-state index in [0.29, 0.717) is 22.6 Å². The predicted molar refractivity (Wildman–Crippen MR) is 72.5 cm³/mol. The number of methoxy groups -OCH3 is 1. The summed E-state index contributed by atoms with van der Waals surface area (Å²) in [5.74, 6) is 0.536. The number of hydrogen-bond acceptors (Lipinski definition) is 4. The summed E-state index contributed by atoms with van der Waals surface area (Å²) >= 11 is 0. The summed E-state index contributed by atoms with van der Waals surface area (Å²) < 4.78 is 5.06. The number of aromatic nitrogens is 2. The van der Waals surface area contributed by atoms with Gasteiger partial charge < -0.3 is 10.1 Å². The lowest BCUT2D eigenvalue weighted by molar-refractivity contribution is 0.102. The summed E-state index contributed by atoms with van der Waals surface area (Å²) in [7, 11) is 1.60. The maximum absolute atomic E-state index is 12.2. The molecule has 0 spiro atoms. The van der Waals surface area contributed by atoms with E-state index in [4.69, 9.17) is 4.74 Å². The lowest BCUT2D eigenvalue weighted by Crippen LogP contribution is -2.16. The van der Waals surface area contributed by atoms with Gasteiger partial charge in [-0.25, -0.2) is 9.97 Å². The first-order valence-electron chi connectivity index (χ1n) is 5.85. The zero-order chi connectivity index (χ0) is 13.8. The molecule has 0 saturated carbocycles. The highest BCUT2D eigenvalue weighted by molar-refractivity contribution is 6.05. The second kappa shape index (κ2) is 5.48. The summed E-state index contributed by atoms with van der Waals surface area (Å²) in [4.78, 5) is 20.3. The van der Waals surface area contributed by atoms with E-state index in [1.54, 1.807) is 45.2 Å². The second-order valence-electron chi connectivity index (χ2n) is 4.10. The summed E-state index contributed by atoms with van der Waals surface area (Å²) in [5.41, 5.74) is 2.55. The van der Waals surface area contributed by atoms with Crippen LogP contribution in [0.3, 0.4) is 0 Å². The Morgan fingerprint density at radius 1 is 1.11 bits per heavy atom. The highest BCUT2D eigenvalue weighted by Crippen LogP contribution is 2.17. The molecule has 0 atom stereocenters. The Hall–Kier alpha value is -2.43. The van der Waals surface area contributed by atoms with Gasteiger partial charge in [-0.15, -0.1) is 0 Å². The van der Waals surface area contributed by atoms with Gasteiger partial charge in [-0.3, -0.25) is 4.79 Å². The summed E-state index contributed by atoms with van der Waals surface area (Å²) in [6.45, 7) is 3.58. The molecule has 0 unspecified atom stereocenters. The van der Waals surface area contributed by atoms with Crippen molar-refractivity contribution in [3.05, 3.63) is 47.5 Å². The lowest BCUT2D eigenvalue weighted by Gasteiger charge is -2.09. The third-order valence-corrected chi connectivity index (χ3v) is 2.80. The number of anilines is 1. The fraction of sp³-hybridized carbons (Fsp3) is 0.214. The van der Waals surface area contributed by atoms with Crippen molar-refractivity contribution in [2.45, 2.75) is 13.8 Å². The Kier molecular flexibility index (Phi) is 3.75. The lowest BCUT2D eigenvalue weighted by atomic mass is 10.1. The van der Waals surface area contributed by atoms with E-state index in [2.05, 4.69) is 15.3 Å². The highest BCUT2D eigenvalue weighted by atomic mass is 16.5. The fourth-order valence-corrected chi connectivity index (χ4v) is 1.79. The summed E-state index contributed by atoms with van der Waals surface area (Å²) in [6, 6.07) is 7.14. The van der Waals surface area contributed by atoms with Crippen LogP contribution in [-0.2, 0) is 0 Å². The van der Waals surface area contributed by atoms with Crippen LogP contribution in [0.15, 0.2) is 30.6 Å². The van der Waals surface area contributed by atoms with Crippen molar-refractivity contribution < 1.29 is 9.53 Å². The van der Waals surface area contributed by atoms with Gasteiger partial charge in [0.15, 0.2) is 0 Å². The van der Waals surface area contributed by atoms with Gasteiger partial charge in [0, 0.05) is 5.69 Å². The third kappa shape index (κ3) is 2.88. The van der Waals surface area contributed by atoms with Crippen molar-refractivity contribution in [3.63, 3.8) is 0 Å².